The molecular formula is C22H17N3O4S. The molecular weight excluding hydrogens is 402 g/mol. The third-order valence-corrected chi connectivity index (χ3v) is 5.32. The molecule has 0 saturated carbocycles. The molecule has 2 aromatic carbocycles. The van der Waals surface area contributed by atoms with Gasteiger partial charge in [-0.25, -0.2) is 4.98 Å². The van der Waals surface area contributed by atoms with E-state index in [1.54, 1.807) is 49.8 Å². The minimum absolute atomic E-state index is 0.364. The normalized spacial score (nSPS) is 10.4. The molecule has 4 aromatic rings. The second kappa shape index (κ2) is 8.62. The zero-order valence-corrected chi connectivity index (χ0v) is 16.7. The lowest BCUT2D eigenvalue weighted by Crippen LogP contribution is -2.41. The van der Waals surface area contributed by atoms with Gasteiger partial charge in [-0.2, -0.15) is 0 Å². The zero-order valence-electron chi connectivity index (χ0n) is 15.9. The van der Waals surface area contributed by atoms with E-state index in [-0.39, 0.29) is 0 Å². The summed E-state index contributed by atoms with van der Waals surface area (Å²) >= 11 is 1.19. The van der Waals surface area contributed by atoms with Gasteiger partial charge in [0, 0.05) is 11.1 Å². The maximum absolute atomic E-state index is 12.9. The molecule has 0 aliphatic rings. The van der Waals surface area contributed by atoms with Crippen molar-refractivity contribution in [1.29, 1.82) is 0 Å². The van der Waals surface area contributed by atoms with E-state index in [4.69, 9.17) is 9.15 Å². The number of hydrazine groups is 1. The Kier molecular flexibility index (Phi) is 5.58. The van der Waals surface area contributed by atoms with E-state index in [2.05, 4.69) is 15.8 Å². The molecule has 4 rings (SSSR count). The van der Waals surface area contributed by atoms with Gasteiger partial charge >= 0.3 is 0 Å². The Labute approximate surface area is 176 Å². The summed E-state index contributed by atoms with van der Waals surface area (Å²) < 4.78 is 10.5. The van der Waals surface area contributed by atoms with Crippen molar-refractivity contribution in [2.24, 2.45) is 0 Å². The summed E-state index contributed by atoms with van der Waals surface area (Å²) in [5.41, 5.74) is 6.59. The van der Waals surface area contributed by atoms with Crippen molar-refractivity contribution in [2.75, 3.05) is 7.11 Å². The number of carbonyl (C=O) groups excluding carboxylic acids is 2. The smallest absolute Gasteiger partial charge is 0.282 e. The van der Waals surface area contributed by atoms with Crippen LogP contribution in [0.1, 0.15) is 20.0 Å². The molecule has 8 heteroatoms. The number of methoxy groups -OCH3 is 1. The standard InChI is InChI=1S/C22H17N3O4S/c1-28-16-11-9-15(10-12-16)20(26)24-25-21(27)19-18(14-6-3-2-4-7-14)23-22(30-19)17-8-5-13-29-17/h2-13H,1H3,(H,24,26)(H,25,27). The van der Waals surface area contributed by atoms with Gasteiger partial charge in [-0.3, -0.25) is 20.4 Å². The number of ether oxygens (including phenoxy) is 1. The predicted molar refractivity (Wildman–Crippen MR) is 113 cm³/mol. The predicted octanol–water partition coefficient (Wildman–Crippen LogP) is 4.15. The highest BCUT2D eigenvalue weighted by atomic mass is 32.1. The number of rotatable bonds is 5. The van der Waals surface area contributed by atoms with Crippen LogP contribution in [0.4, 0.5) is 0 Å². The molecule has 0 bridgehead atoms. The van der Waals surface area contributed by atoms with Crippen molar-refractivity contribution >= 4 is 23.2 Å². The van der Waals surface area contributed by atoms with Gasteiger partial charge in [0.2, 0.25) is 0 Å². The molecule has 0 spiro atoms. The summed E-state index contributed by atoms with van der Waals surface area (Å²) in [7, 11) is 1.55. The molecule has 0 radical (unpaired) electrons. The number of nitrogens with zero attached hydrogens (tertiary/aromatic N) is 1. The lowest BCUT2D eigenvalue weighted by atomic mass is 10.1. The molecule has 150 valence electrons. The van der Waals surface area contributed by atoms with Crippen molar-refractivity contribution in [3.05, 3.63) is 83.4 Å². The fourth-order valence-electron chi connectivity index (χ4n) is 2.76. The lowest BCUT2D eigenvalue weighted by molar-refractivity contribution is 0.0849. The quantitative estimate of drug-likeness (QED) is 0.474. The second-order valence-corrected chi connectivity index (χ2v) is 7.18. The van der Waals surface area contributed by atoms with E-state index in [1.165, 1.54) is 11.3 Å². The van der Waals surface area contributed by atoms with Crippen LogP contribution >= 0.6 is 11.3 Å². The van der Waals surface area contributed by atoms with E-state index in [1.807, 2.05) is 30.3 Å². The van der Waals surface area contributed by atoms with Gasteiger partial charge in [0.1, 0.15) is 10.6 Å². The number of hydrogen-bond donors (Lipinski definition) is 2. The summed E-state index contributed by atoms with van der Waals surface area (Å²) in [5, 5.41) is 0.575. The molecule has 7 nitrogen and oxygen atoms in total. The maximum Gasteiger partial charge on any atom is 0.282 e. The minimum Gasteiger partial charge on any atom is -0.497 e. The largest absolute Gasteiger partial charge is 0.497 e. The summed E-state index contributed by atoms with van der Waals surface area (Å²) in [6.07, 6.45) is 1.55. The van der Waals surface area contributed by atoms with E-state index < -0.39 is 11.8 Å². The highest BCUT2D eigenvalue weighted by Crippen LogP contribution is 2.34. The number of benzene rings is 2. The average molecular weight is 419 g/mol. The fraction of sp³-hybridized carbons (Fsp3) is 0.0455. The van der Waals surface area contributed by atoms with Gasteiger partial charge in [-0.1, -0.05) is 30.3 Å². The fourth-order valence-corrected chi connectivity index (χ4v) is 3.71. The topological polar surface area (TPSA) is 93.5 Å². The van der Waals surface area contributed by atoms with Crippen molar-refractivity contribution in [2.45, 2.75) is 0 Å². The van der Waals surface area contributed by atoms with Crippen molar-refractivity contribution in [3.8, 4) is 27.8 Å². The van der Waals surface area contributed by atoms with Crippen LogP contribution in [0.25, 0.3) is 22.0 Å². The van der Waals surface area contributed by atoms with E-state index in [0.29, 0.717) is 32.7 Å². The van der Waals surface area contributed by atoms with Crippen LogP contribution in [0, 0.1) is 0 Å². The van der Waals surface area contributed by atoms with Gasteiger partial charge < -0.3 is 9.15 Å². The minimum atomic E-state index is -0.467. The number of furan rings is 1. The maximum atomic E-state index is 12.9. The van der Waals surface area contributed by atoms with Crippen LogP contribution in [-0.4, -0.2) is 23.9 Å². The third kappa shape index (κ3) is 4.08. The van der Waals surface area contributed by atoms with Gasteiger partial charge in [-0.15, -0.1) is 11.3 Å². The SMILES string of the molecule is COc1ccc(C(=O)NNC(=O)c2sc(-c3ccco3)nc2-c2ccccc2)cc1. The van der Waals surface area contributed by atoms with Crippen LogP contribution in [-0.2, 0) is 0 Å². The molecule has 2 heterocycles. The first-order valence-corrected chi connectivity index (χ1v) is 9.82. The Balaban J connectivity index is 1.56. The number of thiazole rings is 1. The van der Waals surface area contributed by atoms with Crippen LogP contribution in [0.15, 0.2) is 77.4 Å². The molecule has 0 fully saturated rings. The van der Waals surface area contributed by atoms with Crippen LogP contribution in [0.5, 0.6) is 5.75 Å². The molecule has 0 aliphatic carbocycles. The molecule has 0 unspecified atom stereocenters. The van der Waals surface area contributed by atoms with E-state index in [9.17, 15) is 9.59 Å². The second-order valence-electron chi connectivity index (χ2n) is 6.18. The molecule has 0 aliphatic heterocycles. The number of amides is 2. The van der Waals surface area contributed by atoms with Crippen molar-refractivity contribution in [3.63, 3.8) is 0 Å². The number of carbonyl (C=O) groups is 2. The molecule has 2 aromatic heterocycles. The van der Waals surface area contributed by atoms with Crippen molar-refractivity contribution < 1.29 is 18.7 Å². The highest BCUT2D eigenvalue weighted by Gasteiger charge is 2.21. The summed E-state index contributed by atoms with van der Waals surface area (Å²) in [6, 6.07) is 19.5. The summed E-state index contributed by atoms with van der Waals surface area (Å²) in [4.78, 5) is 30.1. The third-order valence-electron chi connectivity index (χ3n) is 4.25. The van der Waals surface area contributed by atoms with E-state index in [0.717, 1.165) is 5.56 Å². The molecule has 0 atom stereocenters. The Morgan fingerprint density at radius 1 is 0.933 bits per heavy atom. The zero-order chi connectivity index (χ0) is 20.9. The lowest BCUT2D eigenvalue weighted by Gasteiger charge is -2.08. The monoisotopic (exact) mass is 419 g/mol. The first-order chi connectivity index (χ1) is 14.7. The first-order valence-electron chi connectivity index (χ1n) is 9.00. The molecule has 0 saturated heterocycles. The molecule has 30 heavy (non-hydrogen) atoms. The van der Waals surface area contributed by atoms with Gasteiger partial charge in [0.15, 0.2) is 10.8 Å². The highest BCUT2D eigenvalue weighted by molar-refractivity contribution is 7.17. The first kappa shape index (κ1) is 19.4. The Morgan fingerprint density at radius 2 is 1.67 bits per heavy atom. The summed E-state index contributed by atoms with van der Waals surface area (Å²) in [6.45, 7) is 0. The Bertz CT molecular complexity index is 1150. The van der Waals surface area contributed by atoms with Gasteiger partial charge in [0.05, 0.1) is 19.1 Å². The molecule has 2 amide bonds. The van der Waals surface area contributed by atoms with Crippen LogP contribution in [0.3, 0.4) is 0 Å². The number of nitrogens with one attached hydrogen (secondary N) is 2. The Morgan fingerprint density at radius 3 is 2.33 bits per heavy atom. The number of hydrogen-bond acceptors (Lipinski definition) is 6. The number of aromatic nitrogens is 1. The van der Waals surface area contributed by atoms with Crippen LogP contribution < -0.4 is 15.6 Å². The molecule has 2 N–H and O–H groups in total. The van der Waals surface area contributed by atoms with E-state index >= 15 is 0 Å². The van der Waals surface area contributed by atoms with Gasteiger partial charge in [0.25, 0.3) is 11.8 Å². The van der Waals surface area contributed by atoms with Gasteiger partial charge in [-0.05, 0) is 36.4 Å². The average Bonchev–Trinajstić information content (AvgIpc) is 3.48. The Hall–Kier alpha value is -3.91. The van der Waals surface area contributed by atoms with Crippen molar-refractivity contribution in [1.82, 2.24) is 15.8 Å². The van der Waals surface area contributed by atoms with Crippen LogP contribution in [0.2, 0.25) is 0 Å². The summed E-state index contributed by atoms with van der Waals surface area (Å²) in [5.74, 6) is 0.297.